The number of fused-ring (bicyclic) bond motifs is 1. The molecule has 100 valence electrons. The number of likely N-dealkylation sites (tertiary alicyclic amines) is 1. The van der Waals surface area contributed by atoms with E-state index in [-0.39, 0.29) is 0 Å². The Bertz CT molecular complexity index is 468. The minimum atomic E-state index is -0.769. The summed E-state index contributed by atoms with van der Waals surface area (Å²) in [6, 6.07) is 16.7. The summed E-state index contributed by atoms with van der Waals surface area (Å²) in [6.45, 7) is 1.46. The van der Waals surface area contributed by atoms with Gasteiger partial charge in [0.15, 0.2) is 0 Å². The molecule has 1 aliphatic rings. The molecule has 2 aromatic carbocycles. The Morgan fingerprint density at radius 2 is 1.26 bits per heavy atom. The summed E-state index contributed by atoms with van der Waals surface area (Å²) >= 11 is 0. The van der Waals surface area contributed by atoms with Crippen LogP contribution in [0.3, 0.4) is 0 Å². The smallest absolute Gasteiger partial charge is 0.407 e. The van der Waals surface area contributed by atoms with Crippen LogP contribution in [0.2, 0.25) is 0 Å². The molecule has 1 heterocycles. The monoisotopic (exact) mass is 257 g/mol. The van der Waals surface area contributed by atoms with E-state index in [1.54, 1.807) is 0 Å². The van der Waals surface area contributed by atoms with E-state index < -0.39 is 6.09 Å². The van der Waals surface area contributed by atoms with Crippen LogP contribution in [0.15, 0.2) is 48.5 Å². The molecule has 1 fully saturated rings. The average Bonchev–Trinajstić information content (AvgIpc) is 2.49. The van der Waals surface area contributed by atoms with Crippen LogP contribution >= 0.6 is 0 Å². The molecule has 0 bridgehead atoms. The fourth-order valence-corrected chi connectivity index (χ4v) is 2.22. The minimum absolute atomic E-state index is 0.731. The first kappa shape index (κ1) is 13.4. The lowest BCUT2D eigenvalue weighted by atomic mass is 10.1. The van der Waals surface area contributed by atoms with Gasteiger partial charge < -0.3 is 10.0 Å². The van der Waals surface area contributed by atoms with Gasteiger partial charge >= 0.3 is 6.09 Å². The topological polar surface area (TPSA) is 40.5 Å². The predicted molar refractivity (Wildman–Crippen MR) is 77.4 cm³/mol. The van der Waals surface area contributed by atoms with Crippen molar-refractivity contribution in [2.75, 3.05) is 13.1 Å². The Morgan fingerprint density at radius 3 is 1.58 bits per heavy atom. The zero-order valence-corrected chi connectivity index (χ0v) is 11.0. The second-order valence-electron chi connectivity index (χ2n) is 4.68. The predicted octanol–water partition coefficient (Wildman–Crippen LogP) is 3.99. The fraction of sp³-hybridized carbons (Fsp3) is 0.312. The molecule has 1 aliphatic heterocycles. The molecule has 2 aromatic rings. The molecule has 0 spiro atoms. The van der Waals surface area contributed by atoms with Crippen molar-refractivity contribution < 1.29 is 9.90 Å². The molecular weight excluding hydrogens is 238 g/mol. The van der Waals surface area contributed by atoms with Crippen LogP contribution in [-0.4, -0.2) is 29.2 Å². The van der Waals surface area contributed by atoms with E-state index in [9.17, 15) is 4.79 Å². The minimum Gasteiger partial charge on any atom is -0.465 e. The van der Waals surface area contributed by atoms with Gasteiger partial charge in [-0.1, -0.05) is 48.5 Å². The van der Waals surface area contributed by atoms with Crippen molar-refractivity contribution in [1.82, 2.24) is 4.90 Å². The molecule has 3 nitrogen and oxygen atoms in total. The lowest BCUT2D eigenvalue weighted by Gasteiger charge is -2.22. The molecule has 0 radical (unpaired) electrons. The summed E-state index contributed by atoms with van der Waals surface area (Å²) in [5.41, 5.74) is 0. The van der Waals surface area contributed by atoms with Crippen molar-refractivity contribution >= 4 is 16.9 Å². The van der Waals surface area contributed by atoms with E-state index >= 15 is 0 Å². The summed E-state index contributed by atoms with van der Waals surface area (Å²) in [5.74, 6) is 0. The Kier molecular flexibility index (Phi) is 4.78. The third-order valence-electron chi connectivity index (χ3n) is 3.29. The normalized spacial score (nSPS) is 14.6. The van der Waals surface area contributed by atoms with Crippen LogP contribution in [0.1, 0.15) is 19.3 Å². The Morgan fingerprint density at radius 1 is 0.842 bits per heavy atom. The van der Waals surface area contributed by atoms with E-state index in [4.69, 9.17) is 5.11 Å². The van der Waals surface area contributed by atoms with Crippen LogP contribution in [0.25, 0.3) is 10.8 Å². The molecule has 0 unspecified atom stereocenters. The second-order valence-corrected chi connectivity index (χ2v) is 4.68. The number of piperidine rings is 1. The van der Waals surface area contributed by atoms with Crippen LogP contribution < -0.4 is 0 Å². The van der Waals surface area contributed by atoms with Gasteiger partial charge in [-0.25, -0.2) is 4.79 Å². The van der Waals surface area contributed by atoms with Crippen LogP contribution in [-0.2, 0) is 0 Å². The van der Waals surface area contributed by atoms with Gasteiger partial charge in [-0.15, -0.1) is 0 Å². The molecule has 0 atom stereocenters. The third-order valence-corrected chi connectivity index (χ3v) is 3.29. The van der Waals surface area contributed by atoms with Crippen molar-refractivity contribution in [2.45, 2.75) is 19.3 Å². The van der Waals surface area contributed by atoms with Gasteiger partial charge in [-0.3, -0.25) is 0 Å². The number of benzene rings is 2. The number of carbonyl (C=O) groups is 1. The zero-order valence-electron chi connectivity index (χ0n) is 11.0. The van der Waals surface area contributed by atoms with Crippen molar-refractivity contribution in [1.29, 1.82) is 0 Å². The lowest BCUT2D eigenvalue weighted by Crippen LogP contribution is -2.34. The van der Waals surface area contributed by atoms with Crippen molar-refractivity contribution in [2.24, 2.45) is 0 Å². The Hall–Kier alpha value is -2.03. The molecule has 19 heavy (non-hydrogen) atoms. The van der Waals surface area contributed by atoms with Crippen LogP contribution in [0.5, 0.6) is 0 Å². The van der Waals surface area contributed by atoms with Gasteiger partial charge in [0.05, 0.1) is 0 Å². The van der Waals surface area contributed by atoms with Gasteiger partial charge in [-0.05, 0) is 30.0 Å². The largest absolute Gasteiger partial charge is 0.465 e. The summed E-state index contributed by atoms with van der Waals surface area (Å²) in [6.07, 6.45) is 2.48. The number of nitrogens with zero attached hydrogens (tertiary/aromatic N) is 1. The Balaban J connectivity index is 0.000000141. The highest BCUT2D eigenvalue weighted by Gasteiger charge is 2.13. The molecule has 1 N–H and O–H groups in total. The average molecular weight is 257 g/mol. The third kappa shape index (κ3) is 3.98. The highest BCUT2D eigenvalue weighted by Crippen LogP contribution is 2.11. The zero-order chi connectivity index (χ0) is 13.5. The number of carboxylic acid groups (broad SMARTS) is 1. The lowest BCUT2D eigenvalue weighted by molar-refractivity contribution is 0.136. The van der Waals surface area contributed by atoms with Gasteiger partial charge in [0.2, 0.25) is 0 Å². The van der Waals surface area contributed by atoms with Crippen LogP contribution in [0.4, 0.5) is 4.79 Å². The SMILES string of the molecule is O=C(O)N1CCCCC1.c1ccc2ccccc2c1. The molecule has 3 rings (SSSR count). The van der Waals surface area contributed by atoms with Crippen molar-refractivity contribution in [3.8, 4) is 0 Å². The first-order valence-corrected chi connectivity index (χ1v) is 6.69. The van der Waals surface area contributed by atoms with E-state index in [1.165, 1.54) is 22.1 Å². The van der Waals surface area contributed by atoms with Gasteiger partial charge in [0, 0.05) is 13.1 Å². The summed E-state index contributed by atoms with van der Waals surface area (Å²) < 4.78 is 0. The highest BCUT2D eigenvalue weighted by atomic mass is 16.4. The first-order chi connectivity index (χ1) is 9.27. The molecule has 1 amide bonds. The van der Waals surface area contributed by atoms with Gasteiger partial charge in [0.1, 0.15) is 0 Å². The molecule has 3 heteroatoms. The molecule has 0 aromatic heterocycles. The molecule has 0 saturated carbocycles. The maximum atomic E-state index is 10.3. The van der Waals surface area contributed by atoms with Crippen molar-refractivity contribution in [3.63, 3.8) is 0 Å². The van der Waals surface area contributed by atoms with Crippen molar-refractivity contribution in [3.05, 3.63) is 48.5 Å². The standard InChI is InChI=1S/C10H8.C6H11NO2/c1-2-6-10-8-4-3-7-9(10)5-1;8-6(9)7-4-2-1-3-5-7/h1-8H;1-5H2,(H,8,9). The van der Waals surface area contributed by atoms with E-state index in [1.807, 2.05) is 0 Å². The fourth-order valence-electron chi connectivity index (χ4n) is 2.22. The summed E-state index contributed by atoms with van der Waals surface area (Å²) in [7, 11) is 0. The number of amides is 1. The van der Waals surface area contributed by atoms with E-state index in [0.29, 0.717) is 0 Å². The molecule has 0 aliphatic carbocycles. The molecular formula is C16H19NO2. The Labute approximate surface area is 113 Å². The highest BCUT2D eigenvalue weighted by molar-refractivity contribution is 5.82. The van der Waals surface area contributed by atoms with Crippen LogP contribution in [0, 0.1) is 0 Å². The number of rotatable bonds is 0. The maximum Gasteiger partial charge on any atom is 0.407 e. The second kappa shape index (κ2) is 6.78. The summed E-state index contributed by atoms with van der Waals surface area (Å²) in [5, 5.41) is 11.1. The number of hydrogen-bond donors (Lipinski definition) is 1. The summed E-state index contributed by atoms with van der Waals surface area (Å²) in [4.78, 5) is 11.8. The first-order valence-electron chi connectivity index (χ1n) is 6.69. The quantitative estimate of drug-likeness (QED) is 0.775. The molecule has 1 saturated heterocycles. The van der Waals surface area contributed by atoms with Gasteiger partial charge in [0.25, 0.3) is 0 Å². The van der Waals surface area contributed by atoms with E-state index in [0.717, 1.165) is 25.9 Å². The van der Waals surface area contributed by atoms with E-state index in [2.05, 4.69) is 48.5 Å². The van der Waals surface area contributed by atoms with Gasteiger partial charge in [-0.2, -0.15) is 0 Å². The maximum absolute atomic E-state index is 10.3. The number of hydrogen-bond acceptors (Lipinski definition) is 1.